The number of nitrogen functional groups attached to an aromatic ring is 1. The molecule has 0 heterocycles. The first-order valence-electron chi connectivity index (χ1n) is 6.83. The Labute approximate surface area is 124 Å². The third-order valence-corrected chi connectivity index (χ3v) is 3.88. The summed E-state index contributed by atoms with van der Waals surface area (Å²) in [5.41, 5.74) is 13.8. The average Bonchev–Trinajstić information content (AvgIpc) is 2.46. The molecule has 0 bridgehead atoms. The number of anilines is 1. The van der Waals surface area contributed by atoms with Gasteiger partial charge in [-0.05, 0) is 30.5 Å². The zero-order chi connectivity index (χ0) is 15.5. The first-order valence-corrected chi connectivity index (χ1v) is 6.83. The van der Waals surface area contributed by atoms with E-state index in [9.17, 15) is 9.90 Å². The third-order valence-electron chi connectivity index (χ3n) is 3.88. The van der Waals surface area contributed by atoms with Gasteiger partial charge in [0.1, 0.15) is 5.41 Å². The molecule has 2 aromatic rings. The number of hydrogen-bond donors (Lipinski definition) is 3. The Morgan fingerprint density at radius 3 is 2.48 bits per heavy atom. The number of carbonyl (C=O) groups is 1. The van der Waals surface area contributed by atoms with E-state index < -0.39 is 11.4 Å². The number of carboxylic acid groups (broad SMARTS) is 1. The molecule has 0 saturated carbocycles. The Morgan fingerprint density at radius 2 is 1.90 bits per heavy atom. The van der Waals surface area contributed by atoms with Crippen LogP contribution in [0, 0.1) is 6.92 Å². The number of nitrogens with two attached hydrogens (primary N) is 2. The van der Waals surface area contributed by atoms with E-state index in [1.54, 1.807) is 6.07 Å². The Kier molecular flexibility index (Phi) is 4.29. The number of para-hydroxylation sites is 1. The average molecular weight is 284 g/mol. The van der Waals surface area contributed by atoms with E-state index in [1.165, 1.54) is 0 Å². The van der Waals surface area contributed by atoms with E-state index in [1.807, 2.05) is 49.4 Å². The first-order chi connectivity index (χ1) is 9.99. The minimum absolute atomic E-state index is 0.0140. The van der Waals surface area contributed by atoms with Gasteiger partial charge in [0.15, 0.2) is 0 Å². The molecule has 1 unspecified atom stereocenters. The number of aliphatic carboxylic acids is 1. The molecule has 0 saturated heterocycles. The van der Waals surface area contributed by atoms with Crippen LogP contribution in [-0.4, -0.2) is 17.6 Å². The maximum atomic E-state index is 12.0. The molecule has 0 fully saturated rings. The van der Waals surface area contributed by atoms with Crippen molar-refractivity contribution in [2.75, 3.05) is 12.3 Å². The van der Waals surface area contributed by atoms with Gasteiger partial charge in [-0.3, -0.25) is 4.79 Å². The van der Waals surface area contributed by atoms with Gasteiger partial charge in [0.05, 0.1) is 0 Å². The van der Waals surface area contributed by atoms with Crippen molar-refractivity contribution in [3.05, 3.63) is 65.2 Å². The molecule has 0 aliphatic carbocycles. The highest BCUT2D eigenvalue weighted by Crippen LogP contribution is 2.30. The van der Waals surface area contributed by atoms with Crippen molar-refractivity contribution in [3.63, 3.8) is 0 Å². The van der Waals surface area contributed by atoms with Gasteiger partial charge in [-0.1, -0.05) is 48.0 Å². The van der Waals surface area contributed by atoms with Crippen LogP contribution in [0.1, 0.15) is 16.7 Å². The first kappa shape index (κ1) is 15.1. The van der Waals surface area contributed by atoms with Crippen molar-refractivity contribution in [1.29, 1.82) is 0 Å². The Balaban J connectivity index is 2.53. The number of carboxylic acids is 1. The maximum Gasteiger partial charge on any atom is 0.315 e. The lowest BCUT2D eigenvalue weighted by Gasteiger charge is -2.29. The summed E-state index contributed by atoms with van der Waals surface area (Å²) in [6.07, 6.45) is 0.273. The minimum atomic E-state index is -1.17. The minimum Gasteiger partial charge on any atom is -0.481 e. The second-order valence-electron chi connectivity index (χ2n) is 5.34. The largest absolute Gasteiger partial charge is 0.481 e. The zero-order valence-electron chi connectivity index (χ0n) is 12.0. The molecular weight excluding hydrogens is 264 g/mol. The summed E-state index contributed by atoms with van der Waals surface area (Å²) in [5, 5.41) is 9.80. The van der Waals surface area contributed by atoms with Crippen molar-refractivity contribution in [2.45, 2.75) is 18.8 Å². The van der Waals surface area contributed by atoms with Crippen LogP contribution in [0.15, 0.2) is 48.5 Å². The molecule has 2 rings (SSSR count). The molecule has 2 aromatic carbocycles. The monoisotopic (exact) mass is 284 g/mol. The molecular formula is C17H20N2O2. The van der Waals surface area contributed by atoms with E-state index >= 15 is 0 Å². The summed E-state index contributed by atoms with van der Waals surface area (Å²) in [6.45, 7) is 1.95. The molecule has 4 nitrogen and oxygen atoms in total. The second kappa shape index (κ2) is 5.97. The van der Waals surface area contributed by atoms with Crippen molar-refractivity contribution in [3.8, 4) is 0 Å². The molecule has 0 aromatic heterocycles. The summed E-state index contributed by atoms with van der Waals surface area (Å²) in [6, 6.07) is 14.8. The van der Waals surface area contributed by atoms with Crippen LogP contribution in [0.4, 0.5) is 5.69 Å². The van der Waals surface area contributed by atoms with E-state index in [4.69, 9.17) is 11.5 Å². The van der Waals surface area contributed by atoms with Crippen molar-refractivity contribution < 1.29 is 9.90 Å². The van der Waals surface area contributed by atoms with E-state index in [2.05, 4.69) is 0 Å². The van der Waals surface area contributed by atoms with E-state index in [0.717, 1.165) is 11.1 Å². The van der Waals surface area contributed by atoms with Crippen LogP contribution in [0.5, 0.6) is 0 Å². The summed E-state index contributed by atoms with van der Waals surface area (Å²) in [7, 11) is 0. The summed E-state index contributed by atoms with van der Waals surface area (Å²) in [4.78, 5) is 12.0. The van der Waals surface area contributed by atoms with Crippen LogP contribution in [0.2, 0.25) is 0 Å². The highest BCUT2D eigenvalue weighted by atomic mass is 16.4. The normalized spacial score (nSPS) is 13.6. The SMILES string of the molecule is Cc1cccc(C(CN)(Cc2ccccc2N)C(=O)O)c1. The number of aryl methyl sites for hydroxylation is 1. The van der Waals surface area contributed by atoms with Crippen LogP contribution in [-0.2, 0) is 16.6 Å². The van der Waals surface area contributed by atoms with Crippen molar-refractivity contribution in [1.82, 2.24) is 0 Å². The molecule has 4 heteroatoms. The van der Waals surface area contributed by atoms with Gasteiger partial charge in [-0.15, -0.1) is 0 Å². The van der Waals surface area contributed by atoms with Gasteiger partial charge < -0.3 is 16.6 Å². The predicted octanol–water partition coefficient (Wildman–Crippen LogP) is 2.10. The molecule has 1 atom stereocenters. The fourth-order valence-electron chi connectivity index (χ4n) is 2.54. The lowest BCUT2D eigenvalue weighted by molar-refractivity contribution is -0.143. The van der Waals surface area contributed by atoms with Crippen LogP contribution in [0.25, 0.3) is 0 Å². The van der Waals surface area contributed by atoms with Gasteiger partial charge in [0.2, 0.25) is 0 Å². The molecule has 0 amide bonds. The molecule has 5 N–H and O–H groups in total. The number of rotatable bonds is 5. The Hall–Kier alpha value is -2.33. The van der Waals surface area contributed by atoms with Gasteiger partial charge in [0, 0.05) is 12.2 Å². The third kappa shape index (κ3) is 2.90. The Bertz CT molecular complexity index is 655. The summed E-state index contributed by atoms with van der Waals surface area (Å²) in [5.74, 6) is -0.932. The van der Waals surface area contributed by atoms with Gasteiger partial charge in [-0.25, -0.2) is 0 Å². The number of benzene rings is 2. The zero-order valence-corrected chi connectivity index (χ0v) is 12.0. The Morgan fingerprint density at radius 1 is 1.19 bits per heavy atom. The molecule has 0 radical (unpaired) electrons. The molecule has 0 aliphatic rings. The highest BCUT2D eigenvalue weighted by Gasteiger charge is 2.39. The lowest BCUT2D eigenvalue weighted by Crippen LogP contribution is -2.45. The molecule has 110 valence electrons. The fraction of sp³-hybridized carbons (Fsp3) is 0.235. The van der Waals surface area contributed by atoms with Crippen LogP contribution in [0.3, 0.4) is 0 Å². The quantitative estimate of drug-likeness (QED) is 0.733. The van der Waals surface area contributed by atoms with Gasteiger partial charge >= 0.3 is 5.97 Å². The van der Waals surface area contributed by atoms with Crippen molar-refractivity contribution >= 4 is 11.7 Å². The molecule has 21 heavy (non-hydrogen) atoms. The fourth-order valence-corrected chi connectivity index (χ4v) is 2.54. The maximum absolute atomic E-state index is 12.0. The summed E-state index contributed by atoms with van der Waals surface area (Å²) < 4.78 is 0. The van der Waals surface area contributed by atoms with E-state index in [-0.39, 0.29) is 13.0 Å². The lowest BCUT2D eigenvalue weighted by atomic mass is 9.75. The topological polar surface area (TPSA) is 89.3 Å². The van der Waals surface area contributed by atoms with Crippen LogP contribution < -0.4 is 11.5 Å². The van der Waals surface area contributed by atoms with E-state index in [0.29, 0.717) is 11.3 Å². The number of hydrogen-bond acceptors (Lipinski definition) is 3. The second-order valence-corrected chi connectivity index (χ2v) is 5.34. The smallest absolute Gasteiger partial charge is 0.315 e. The van der Waals surface area contributed by atoms with Gasteiger partial charge in [-0.2, -0.15) is 0 Å². The van der Waals surface area contributed by atoms with Crippen molar-refractivity contribution in [2.24, 2.45) is 5.73 Å². The summed E-state index contributed by atoms with van der Waals surface area (Å²) >= 11 is 0. The molecule has 0 spiro atoms. The highest BCUT2D eigenvalue weighted by molar-refractivity contribution is 5.82. The van der Waals surface area contributed by atoms with Gasteiger partial charge in [0.25, 0.3) is 0 Å². The van der Waals surface area contributed by atoms with Crippen LogP contribution >= 0.6 is 0 Å². The predicted molar refractivity (Wildman–Crippen MR) is 84.1 cm³/mol. The standard InChI is InChI=1S/C17H20N2O2/c1-12-5-4-7-14(9-12)17(11-18,16(20)21)10-13-6-2-3-8-15(13)19/h2-9H,10-11,18-19H2,1H3,(H,20,21). The molecule has 0 aliphatic heterocycles.